The molecule has 0 bridgehead atoms. The number of hydrogen-bond donors (Lipinski definition) is 0. The van der Waals surface area contributed by atoms with E-state index in [1.165, 1.54) is 98.6 Å². The number of para-hydroxylation sites is 3. The van der Waals surface area contributed by atoms with E-state index in [0.717, 1.165) is 22.7 Å². The van der Waals surface area contributed by atoms with Crippen molar-refractivity contribution >= 4 is 71.2 Å². The first-order valence-corrected chi connectivity index (χ1v) is 22.7. The van der Waals surface area contributed by atoms with Crippen LogP contribution in [0.15, 0.2) is 255 Å². The molecular formula is C64H42N2. The molecule has 0 unspecified atom stereocenters. The van der Waals surface area contributed by atoms with Gasteiger partial charge in [0.15, 0.2) is 0 Å². The van der Waals surface area contributed by atoms with E-state index in [9.17, 15) is 0 Å². The second kappa shape index (κ2) is 15.5. The third-order valence-electron chi connectivity index (χ3n) is 13.5. The molecule has 0 fully saturated rings. The molecule has 0 aliphatic carbocycles. The van der Waals surface area contributed by atoms with Crippen molar-refractivity contribution < 1.29 is 0 Å². The number of nitrogens with zero attached hydrogens (tertiary/aromatic N) is 2. The van der Waals surface area contributed by atoms with Crippen molar-refractivity contribution in [1.29, 1.82) is 0 Å². The lowest BCUT2D eigenvalue weighted by molar-refractivity contribution is 1.19. The highest BCUT2D eigenvalue weighted by Crippen LogP contribution is 2.46. The quantitative estimate of drug-likeness (QED) is 0.138. The molecule has 0 amide bonds. The van der Waals surface area contributed by atoms with Gasteiger partial charge in [-0.15, -0.1) is 0 Å². The second-order valence-electron chi connectivity index (χ2n) is 17.3. The molecule has 0 spiro atoms. The van der Waals surface area contributed by atoms with Crippen LogP contribution in [0.1, 0.15) is 0 Å². The summed E-state index contributed by atoms with van der Waals surface area (Å²) < 4.78 is 2.50. The fourth-order valence-corrected chi connectivity index (χ4v) is 10.4. The Kier molecular flexibility index (Phi) is 8.89. The minimum Gasteiger partial charge on any atom is -0.311 e. The minimum absolute atomic E-state index is 1.12. The summed E-state index contributed by atoms with van der Waals surface area (Å²) in [6, 6.07) is 93.1. The molecule has 12 aromatic carbocycles. The van der Waals surface area contributed by atoms with Gasteiger partial charge in [-0.3, -0.25) is 0 Å². The Bertz CT molecular complexity index is 3780. The lowest BCUT2D eigenvalue weighted by atomic mass is 9.88. The van der Waals surface area contributed by atoms with Crippen molar-refractivity contribution in [3.05, 3.63) is 255 Å². The third kappa shape index (κ3) is 6.26. The van der Waals surface area contributed by atoms with Gasteiger partial charge in [-0.05, 0) is 150 Å². The van der Waals surface area contributed by atoms with Gasteiger partial charge < -0.3 is 9.47 Å². The molecule has 66 heavy (non-hydrogen) atoms. The summed E-state index contributed by atoms with van der Waals surface area (Å²) in [5.74, 6) is 0. The van der Waals surface area contributed by atoms with E-state index in [1.54, 1.807) is 0 Å². The lowest BCUT2D eigenvalue weighted by Crippen LogP contribution is -2.09. The Balaban J connectivity index is 0.998. The van der Waals surface area contributed by atoms with Gasteiger partial charge in [0.2, 0.25) is 0 Å². The van der Waals surface area contributed by atoms with Gasteiger partial charge in [0.05, 0.1) is 11.0 Å². The van der Waals surface area contributed by atoms with Crippen LogP contribution in [-0.4, -0.2) is 4.57 Å². The van der Waals surface area contributed by atoms with E-state index in [4.69, 9.17) is 0 Å². The van der Waals surface area contributed by atoms with Crippen molar-refractivity contribution in [1.82, 2.24) is 4.57 Å². The van der Waals surface area contributed by atoms with Crippen molar-refractivity contribution in [2.45, 2.75) is 0 Å². The smallest absolute Gasteiger partial charge is 0.0620 e. The van der Waals surface area contributed by atoms with E-state index in [1.807, 2.05) is 0 Å². The number of benzene rings is 12. The van der Waals surface area contributed by atoms with Gasteiger partial charge in [0, 0.05) is 38.9 Å². The normalized spacial score (nSPS) is 11.6. The number of rotatable bonds is 8. The van der Waals surface area contributed by atoms with Crippen LogP contribution >= 0.6 is 0 Å². The van der Waals surface area contributed by atoms with Gasteiger partial charge in [-0.1, -0.05) is 176 Å². The molecular weight excluding hydrogens is 797 g/mol. The minimum atomic E-state index is 1.12. The van der Waals surface area contributed by atoms with Crippen molar-refractivity contribution in [2.75, 3.05) is 4.90 Å². The van der Waals surface area contributed by atoms with Crippen molar-refractivity contribution in [3.8, 4) is 50.2 Å². The topological polar surface area (TPSA) is 8.17 Å². The zero-order valence-corrected chi connectivity index (χ0v) is 36.1. The molecule has 308 valence electrons. The number of anilines is 3. The van der Waals surface area contributed by atoms with Crippen LogP contribution in [0, 0.1) is 0 Å². The first-order chi connectivity index (χ1) is 32.7. The third-order valence-corrected chi connectivity index (χ3v) is 13.5. The summed E-state index contributed by atoms with van der Waals surface area (Å²) in [6.07, 6.45) is 0. The van der Waals surface area contributed by atoms with E-state index in [0.29, 0.717) is 0 Å². The van der Waals surface area contributed by atoms with Gasteiger partial charge in [0.25, 0.3) is 0 Å². The first kappa shape index (κ1) is 37.8. The number of aromatic nitrogens is 1. The molecule has 2 nitrogen and oxygen atoms in total. The van der Waals surface area contributed by atoms with Gasteiger partial charge in [-0.2, -0.15) is 0 Å². The largest absolute Gasteiger partial charge is 0.311 e. The molecule has 0 aliphatic heterocycles. The highest BCUT2D eigenvalue weighted by atomic mass is 15.1. The van der Waals surface area contributed by atoms with E-state index < -0.39 is 0 Å². The predicted octanol–water partition coefficient (Wildman–Crippen LogP) is 17.8. The van der Waals surface area contributed by atoms with Crippen LogP contribution in [0.3, 0.4) is 0 Å². The summed E-state index contributed by atoms with van der Waals surface area (Å²) in [6.45, 7) is 0. The molecule has 13 rings (SSSR count). The van der Waals surface area contributed by atoms with Gasteiger partial charge in [-0.25, -0.2) is 0 Å². The number of fused-ring (bicyclic) bond motifs is 4. The molecule has 1 aromatic heterocycles. The maximum Gasteiger partial charge on any atom is 0.0620 e. The summed E-state index contributed by atoms with van der Waals surface area (Å²) >= 11 is 0. The van der Waals surface area contributed by atoms with Crippen molar-refractivity contribution in [2.24, 2.45) is 0 Å². The standard InChI is InChI=1S/C64H42N2/c1-6-16-43(17-7-1)49-38-50(44-18-8-2-9-19-44)40-51(39-49)47-30-35-57-60-41-48-31-36-58-56(45-26-32-55(33-27-45)65(52-20-10-3-11-21-52)53-22-12-4-13-23-53)34-28-46-29-37-59(63(48)62(46)58)64(60)66(61(57)42-47)54-24-14-5-15-25-54/h1-42H. The average molecular weight is 839 g/mol. The van der Waals surface area contributed by atoms with E-state index in [2.05, 4.69) is 264 Å². The van der Waals surface area contributed by atoms with Crippen LogP contribution in [-0.2, 0) is 0 Å². The Hall–Kier alpha value is -8.72. The fraction of sp³-hybridized carbons (Fsp3) is 0. The molecule has 13 aromatic rings. The van der Waals surface area contributed by atoms with Gasteiger partial charge >= 0.3 is 0 Å². The van der Waals surface area contributed by atoms with Gasteiger partial charge in [0.1, 0.15) is 0 Å². The highest BCUT2D eigenvalue weighted by molar-refractivity contribution is 6.33. The SMILES string of the molecule is c1ccc(-c2cc(-c3ccccc3)cc(-c3ccc4c5cc6ccc7c(-c8ccc(N(c9ccccc9)c9ccccc9)cc8)ccc8ccc(c6c87)c5n(-c5ccccc5)c4c3)c2)cc1. The lowest BCUT2D eigenvalue weighted by Gasteiger charge is -2.25. The zero-order chi connectivity index (χ0) is 43.6. The molecule has 0 aliphatic rings. The molecule has 0 radical (unpaired) electrons. The fourth-order valence-electron chi connectivity index (χ4n) is 10.4. The first-order valence-electron chi connectivity index (χ1n) is 22.7. The summed E-state index contributed by atoms with van der Waals surface area (Å²) in [4.78, 5) is 2.32. The predicted molar refractivity (Wildman–Crippen MR) is 281 cm³/mol. The Morgan fingerprint density at radius 1 is 0.273 bits per heavy atom. The Labute approximate surface area is 383 Å². The van der Waals surface area contributed by atoms with E-state index >= 15 is 0 Å². The molecule has 1 heterocycles. The van der Waals surface area contributed by atoms with Crippen molar-refractivity contribution in [3.63, 3.8) is 0 Å². The van der Waals surface area contributed by atoms with Crippen LogP contribution in [0.4, 0.5) is 17.1 Å². The maximum atomic E-state index is 2.50. The highest BCUT2D eigenvalue weighted by Gasteiger charge is 2.21. The molecule has 2 heteroatoms. The van der Waals surface area contributed by atoms with Crippen LogP contribution in [0.5, 0.6) is 0 Å². The molecule has 0 saturated heterocycles. The average Bonchev–Trinajstić information content (AvgIpc) is 3.73. The Morgan fingerprint density at radius 2 is 0.742 bits per heavy atom. The zero-order valence-electron chi connectivity index (χ0n) is 36.1. The second-order valence-corrected chi connectivity index (χ2v) is 17.3. The molecule has 0 saturated carbocycles. The molecule has 0 N–H and O–H groups in total. The van der Waals surface area contributed by atoms with E-state index in [-0.39, 0.29) is 0 Å². The summed E-state index contributed by atoms with van der Waals surface area (Å²) in [7, 11) is 0. The summed E-state index contributed by atoms with van der Waals surface area (Å²) in [5, 5.41) is 10.1. The maximum absolute atomic E-state index is 2.50. The molecule has 0 atom stereocenters. The Morgan fingerprint density at radius 3 is 1.36 bits per heavy atom. The van der Waals surface area contributed by atoms with Crippen LogP contribution in [0.2, 0.25) is 0 Å². The monoisotopic (exact) mass is 838 g/mol. The van der Waals surface area contributed by atoms with Crippen LogP contribution < -0.4 is 4.90 Å². The summed E-state index contributed by atoms with van der Waals surface area (Å²) in [5.41, 5.74) is 16.6. The number of hydrogen-bond acceptors (Lipinski definition) is 1. The van der Waals surface area contributed by atoms with Crippen LogP contribution in [0.25, 0.3) is 104 Å².